The van der Waals surface area contributed by atoms with Crippen molar-refractivity contribution in [3.05, 3.63) is 126 Å². The Morgan fingerprint density at radius 3 is 1.35 bits per heavy atom. The summed E-state index contributed by atoms with van der Waals surface area (Å²) in [5.74, 6) is 4.96. The highest BCUT2D eigenvalue weighted by Gasteiger charge is 2.53. The van der Waals surface area contributed by atoms with Crippen molar-refractivity contribution in [2.24, 2.45) is 40.9 Å². The third kappa shape index (κ3) is 88.3. The van der Waals surface area contributed by atoms with E-state index in [9.17, 15) is 79.2 Å². The number of rotatable bonds is 40. The molecule has 0 aromatic heterocycles. The number of hydrogen-bond donors (Lipinski definition) is 3. The lowest BCUT2D eigenvalue weighted by atomic mass is 9.48. The van der Waals surface area contributed by atoms with Gasteiger partial charge in [-0.1, -0.05) is 275 Å². The molecule has 1 unspecified atom stereocenters. The van der Waals surface area contributed by atoms with Crippen molar-refractivity contribution in [3.8, 4) is 0 Å². The van der Waals surface area contributed by atoms with Gasteiger partial charge < -0.3 is 33.8 Å². The van der Waals surface area contributed by atoms with E-state index in [1.807, 2.05) is 126 Å². The molecule has 1 atom stereocenters. The molecule has 0 amide bonds. The fraction of sp³-hybridized carbons (Fsp3) is 0.673. The molecule has 0 heterocycles. The maximum Gasteiger partial charge on any atom is 0.324 e. The number of carbonyl (C=O) groups excluding carboxylic acids is 13. The zero-order valence-electron chi connectivity index (χ0n) is 84.9. The number of Topliss-reactive ketones (excluding diaryl/α,β-unsaturated/α-hetero) is 8. The van der Waals surface area contributed by atoms with Gasteiger partial charge in [0.15, 0.2) is 17.3 Å². The fourth-order valence-corrected chi connectivity index (χ4v) is 14.2. The molecule has 5 aliphatic carbocycles. The van der Waals surface area contributed by atoms with E-state index in [0.29, 0.717) is 99.3 Å². The second kappa shape index (κ2) is 93.7. The quantitative estimate of drug-likeness (QED) is 0.00696. The molecule has 0 saturated heterocycles. The summed E-state index contributed by atoms with van der Waals surface area (Å²) in [5, 5.41) is 7.99. The third-order valence-electron chi connectivity index (χ3n) is 20.3. The number of carbonyl (C=O) groups is 13. The summed E-state index contributed by atoms with van der Waals surface area (Å²) in [7, 11) is -6.69. The first-order valence-corrected chi connectivity index (χ1v) is 52.2. The molecule has 3 aromatic rings. The van der Waals surface area contributed by atoms with Gasteiger partial charge in [0, 0.05) is 106 Å². The molecule has 5 saturated carbocycles. The molecule has 27 heteroatoms. The molecule has 0 aliphatic heterocycles. The van der Waals surface area contributed by atoms with Crippen LogP contribution in [0, 0.1) is 47.5 Å². The van der Waals surface area contributed by atoms with Crippen LogP contribution in [0.15, 0.2) is 104 Å². The van der Waals surface area contributed by atoms with Crippen molar-refractivity contribution in [1.82, 2.24) is 4.72 Å². The van der Waals surface area contributed by atoms with E-state index in [0.717, 1.165) is 126 Å². The Kier molecular flexibility index (Phi) is 99.0. The molecule has 8 rings (SSSR count). The lowest BCUT2D eigenvalue weighted by Crippen LogP contribution is -2.49. The lowest BCUT2D eigenvalue weighted by molar-refractivity contribution is -0.147. The molecule has 0 spiro atoms. The van der Waals surface area contributed by atoms with E-state index in [4.69, 9.17) is 37.5 Å². The Morgan fingerprint density at radius 1 is 0.580 bits per heavy atom. The summed E-state index contributed by atoms with van der Waals surface area (Å²) in [6, 6.07) is 27.5. The minimum absolute atomic E-state index is 0.0124. The molecule has 752 valence electrons. The zero-order chi connectivity index (χ0) is 102. The van der Waals surface area contributed by atoms with Gasteiger partial charge in [0.25, 0.3) is 6.54 Å². The molecular formula is C104H176ClN3O21S2. The van der Waals surface area contributed by atoms with Crippen molar-refractivity contribution < 1.29 is 98.5 Å². The van der Waals surface area contributed by atoms with Gasteiger partial charge in [-0.05, 0) is 138 Å². The Hall–Kier alpha value is -8.09. The SMILES string of the molecule is C=CC(=O)CC.CC.CCC(=O)C(C)C.CCC(=O)C12CC3CC(CC(C3)C1)C2.CCC(=O)C1CCCCC1.CCC(=O)CCl.CCC(=O)CO.CCC(=O)c1ccccc1.CCC(C)=O.CCC=O.CCCCCC(=O)OCC(CC)CC.CCCCCOC(=O)C(CCC(=O)OCC)NS(C)(=O)=O.CCc1ccccc1.CS(=O)(=O)Nc1ccccc1.[C-]#[N+]CC(=O)CC. The molecule has 4 bridgehead atoms. The molecule has 5 fully saturated rings. The minimum Gasteiger partial charge on any atom is -0.466 e. The van der Waals surface area contributed by atoms with Gasteiger partial charge in [-0.3, -0.25) is 57.5 Å². The molecule has 3 aromatic carbocycles. The smallest absolute Gasteiger partial charge is 0.324 e. The second-order valence-corrected chi connectivity index (χ2v) is 35.5. The number of nitrogens with zero attached hydrogens (tertiary/aromatic N) is 1. The number of aryl methyl sites for hydroxylation is 1. The first-order chi connectivity index (χ1) is 62.0. The zero-order valence-corrected chi connectivity index (χ0v) is 87.3. The number of para-hydroxylation sites is 1. The number of unbranched alkanes of at least 4 members (excludes halogenated alkanes) is 4. The summed E-state index contributed by atoms with van der Waals surface area (Å²) in [6.45, 7) is 50.6. The number of halogens is 1. The van der Waals surface area contributed by atoms with Gasteiger partial charge in [-0.25, -0.2) is 28.1 Å². The fourth-order valence-electron chi connectivity index (χ4n) is 12.7. The topological polar surface area (TPSA) is 367 Å². The Balaban J connectivity index is -0.000000211. The van der Waals surface area contributed by atoms with Crippen molar-refractivity contribution in [2.75, 3.05) is 56.1 Å². The second-order valence-electron chi connectivity index (χ2n) is 31.7. The van der Waals surface area contributed by atoms with Crippen molar-refractivity contribution in [1.29, 1.82) is 0 Å². The van der Waals surface area contributed by atoms with Crippen molar-refractivity contribution in [2.45, 2.75) is 363 Å². The first kappa shape index (κ1) is 138. The standard InChI is InChI=1S/C13H25NO6S.C13H20O.C12H24O2.C9H16O.C9H10O.C8H10.C7H9NO2S.C6H12O.C5H7NO.C5H8O.C4H7ClO.C4H8O2.C4H8O.C3H6O.C2H6/c1-4-6-7-10-20-13(16)11(14-21(3,17)18)8-9-12(15)19-5-2;1-2-12(14)13-6-9-3-10(7-13)5-11(4-9)8-13;1-4-7-8-9-12(13)14-10-11(5-2)6-3;2*1-2-9(10)8-6-4-3-5-7-8;1-2-8-6-4-3-5-7-8;1-11(9,10)8-7-5-3-2-4-6-7;1-4-6(7)5(2)3;1-3-5(7)4-6-2;1-3-5(6)4-2;2*1-2-4(6)3-5;1-3-4(2)5;1-2-3-4;1-2/h11,14H,4-10H2,1-3H3;9-11H,2-8H2,1H3;11H,4-10H2,1-3H3;8H,2-7H2,1H3;3-7H,2H2,1H3;3-7H,2H2,1H3;2-6,8H,1H3;5H,4H2,1-3H3;3-4H2,1H3;3H,1,4H2,2H3;2-3H2,1H3;5H,2-3H2,1H3;3H2,1-2H3;3H,2H2,1H3;1-2H3. The summed E-state index contributed by atoms with van der Waals surface area (Å²) in [5.41, 5.74) is 2.98. The van der Waals surface area contributed by atoms with Gasteiger partial charge in [0.2, 0.25) is 25.8 Å². The summed E-state index contributed by atoms with van der Waals surface area (Å²) in [4.78, 5) is 141. The van der Waals surface area contributed by atoms with Crippen LogP contribution in [0.2, 0.25) is 0 Å². The molecule has 5 aliphatic rings. The molecule has 0 radical (unpaired) electrons. The normalized spacial score (nSPS) is 14.8. The molecular weight excluding hydrogens is 1730 g/mol. The third-order valence-corrected chi connectivity index (χ3v) is 21.9. The van der Waals surface area contributed by atoms with Crippen LogP contribution in [0.5, 0.6) is 0 Å². The number of anilines is 1. The predicted octanol–water partition coefficient (Wildman–Crippen LogP) is 23.3. The van der Waals surface area contributed by atoms with E-state index < -0.39 is 38.0 Å². The monoisotopic (exact) mass is 1900 g/mol. The lowest BCUT2D eigenvalue weighted by Gasteiger charge is -2.56. The number of allylic oxidation sites excluding steroid dienone is 1. The van der Waals surface area contributed by atoms with Crippen LogP contribution >= 0.6 is 11.6 Å². The molecule has 131 heavy (non-hydrogen) atoms. The number of sulfonamides is 2. The number of hydrogen-bond acceptors (Lipinski definition) is 21. The van der Waals surface area contributed by atoms with E-state index in [1.54, 1.807) is 58.9 Å². The van der Waals surface area contributed by atoms with Crippen LogP contribution < -0.4 is 9.44 Å². The maximum absolute atomic E-state index is 12.1. The van der Waals surface area contributed by atoms with Gasteiger partial charge >= 0.3 is 17.9 Å². The number of nitrogens with one attached hydrogen (secondary N) is 2. The number of benzene rings is 3. The summed E-state index contributed by atoms with van der Waals surface area (Å²) in [6.07, 6.45) is 34.5. The van der Waals surface area contributed by atoms with Crippen LogP contribution in [-0.2, 0) is 98.2 Å². The number of esters is 3. The average Bonchev–Trinajstić information content (AvgIpc) is 0.742. The molecule has 3 N–H and O–H groups in total. The number of aldehydes is 1. The Labute approximate surface area is 798 Å². The number of ether oxygens (including phenoxy) is 3. The van der Waals surface area contributed by atoms with Gasteiger partial charge in [-0.15, -0.1) is 11.6 Å². The summed E-state index contributed by atoms with van der Waals surface area (Å²) >= 11 is 5.10. The highest BCUT2D eigenvalue weighted by Crippen LogP contribution is 2.60. The van der Waals surface area contributed by atoms with Crippen molar-refractivity contribution in [3.63, 3.8) is 0 Å². The van der Waals surface area contributed by atoms with Crippen LogP contribution in [0.25, 0.3) is 4.85 Å². The van der Waals surface area contributed by atoms with Gasteiger partial charge in [-0.2, -0.15) is 0 Å². The number of ketones is 9. The Morgan fingerprint density at radius 2 is 1.05 bits per heavy atom. The van der Waals surface area contributed by atoms with Gasteiger partial charge in [0.1, 0.15) is 47.9 Å². The highest BCUT2D eigenvalue weighted by molar-refractivity contribution is 7.92. The number of aliphatic hydroxyl groups is 1. The first-order valence-electron chi connectivity index (χ1n) is 47.9. The average molecular weight is 1900 g/mol. The maximum atomic E-state index is 12.1. The van der Waals surface area contributed by atoms with Gasteiger partial charge in [0.05, 0.1) is 38.2 Å². The predicted molar refractivity (Wildman–Crippen MR) is 536 cm³/mol. The highest BCUT2D eigenvalue weighted by atomic mass is 35.5. The molecule has 24 nitrogen and oxygen atoms in total. The van der Waals surface area contributed by atoms with Crippen LogP contribution in [0.3, 0.4) is 0 Å². The Bertz CT molecular complexity index is 3670. The number of aliphatic hydroxyl groups excluding tert-OH is 1. The van der Waals surface area contributed by atoms with Crippen LogP contribution in [0.4, 0.5) is 5.69 Å². The van der Waals surface area contributed by atoms with Crippen LogP contribution in [0.1, 0.15) is 367 Å². The van der Waals surface area contributed by atoms with Crippen LogP contribution in [-0.4, -0.2) is 156 Å². The van der Waals surface area contributed by atoms with E-state index in [2.05, 4.69) is 72.8 Å². The van der Waals surface area contributed by atoms with E-state index >= 15 is 0 Å². The van der Waals surface area contributed by atoms with E-state index in [1.165, 1.54) is 69.4 Å². The van der Waals surface area contributed by atoms with Crippen molar-refractivity contribution >= 4 is 114 Å². The minimum atomic E-state index is -3.57. The largest absolute Gasteiger partial charge is 0.466 e. The summed E-state index contributed by atoms with van der Waals surface area (Å²) < 4.78 is 63.4. The number of alkyl halides is 1. The van der Waals surface area contributed by atoms with E-state index in [-0.39, 0.29) is 97.1 Å².